The van der Waals surface area contributed by atoms with Crippen LogP contribution in [0, 0.1) is 6.92 Å². The molecule has 192 valence electrons. The van der Waals surface area contributed by atoms with Crippen LogP contribution < -0.4 is 9.64 Å². The number of ketones is 1. The van der Waals surface area contributed by atoms with Crippen LogP contribution in [0.4, 0.5) is 5.69 Å². The zero-order chi connectivity index (χ0) is 26.9. The third kappa shape index (κ3) is 4.36. The van der Waals surface area contributed by atoms with Crippen LogP contribution in [0.5, 0.6) is 5.75 Å². The highest BCUT2D eigenvalue weighted by Gasteiger charge is 2.48. The summed E-state index contributed by atoms with van der Waals surface area (Å²) in [6.07, 6.45) is 1.49. The molecule has 1 aromatic heterocycles. The van der Waals surface area contributed by atoms with Gasteiger partial charge in [0, 0.05) is 10.9 Å². The van der Waals surface area contributed by atoms with E-state index in [9.17, 15) is 14.7 Å². The summed E-state index contributed by atoms with van der Waals surface area (Å²) < 4.78 is 11.7. The number of ether oxygens (including phenoxy) is 1. The minimum atomic E-state index is -0.930. The molecular weight excluding hydrogens is 490 g/mol. The lowest BCUT2D eigenvalue weighted by Gasteiger charge is -2.24. The average molecular weight is 516 g/mol. The van der Waals surface area contributed by atoms with Crippen molar-refractivity contribution in [1.29, 1.82) is 0 Å². The van der Waals surface area contributed by atoms with Gasteiger partial charge in [-0.15, -0.1) is 0 Å². The lowest BCUT2D eigenvalue weighted by molar-refractivity contribution is -0.132. The zero-order valence-corrected chi connectivity index (χ0v) is 21.2. The number of fused-ring (bicyclic) bond motifs is 1. The maximum atomic E-state index is 13.5. The van der Waals surface area contributed by atoms with Crippen molar-refractivity contribution >= 4 is 33.9 Å². The van der Waals surface area contributed by atoms with Crippen molar-refractivity contribution in [2.24, 2.45) is 0 Å². The number of benzene rings is 4. The van der Waals surface area contributed by atoms with Crippen molar-refractivity contribution in [2.75, 3.05) is 4.90 Å². The number of anilines is 1. The van der Waals surface area contributed by atoms with Crippen molar-refractivity contribution in [3.05, 3.63) is 137 Å². The van der Waals surface area contributed by atoms with Gasteiger partial charge in [0.15, 0.2) is 0 Å². The molecule has 4 aromatic carbocycles. The Hall–Kier alpha value is -5.10. The van der Waals surface area contributed by atoms with E-state index < -0.39 is 17.7 Å². The Morgan fingerprint density at radius 3 is 2.44 bits per heavy atom. The molecule has 1 N–H and O–H groups in total. The molecule has 6 rings (SSSR count). The molecule has 0 spiro atoms. The first-order valence-electron chi connectivity index (χ1n) is 12.6. The molecule has 6 nitrogen and oxygen atoms in total. The van der Waals surface area contributed by atoms with Crippen molar-refractivity contribution in [2.45, 2.75) is 19.6 Å². The smallest absolute Gasteiger partial charge is 0.300 e. The van der Waals surface area contributed by atoms with E-state index in [1.165, 1.54) is 11.2 Å². The average Bonchev–Trinajstić information content (AvgIpc) is 3.59. The number of amides is 1. The van der Waals surface area contributed by atoms with Gasteiger partial charge in [-0.1, -0.05) is 66.7 Å². The molecule has 5 aromatic rings. The number of carbonyl (C=O) groups excluding carboxylic acids is 2. The van der Waals surface area contributed by atoms with Crippen molar-refractivity contribution < 1.29 is 23.8 Å². The van der Waals surface area contributed by atoms with Gasteiger partial charge in [-0.05, 0) is 59.8 Å². The number of aryl methyl sites for hydroxylation is 1. The number of hydrogen-bond donors (Lipinski definition) is 1. The van der Waals surface area contributed by atoms with Crippen LogP contribution in [0.15, 0.2) is 119 Å². The Balaban J connectivity index is 1.42. The SMILES string of the molecule is Cc1cc(/C(O)=C2/C(=O)C(=O)N(c3cccc4ccccc34)C2c2ccco2)ccc1OCc1ccccc1. The summed E-state index contributed by atoms with van der Waals surface area (Å²) in [6, 6.07) is 30.7. The van der Waals surface area contributed by atoms with E-state index in [4.69, 9.17) is 9.15 Å². The standard InChI is InChI=1S/C33H25NO5/c1-21-19-24(16-17-27(21)39-20-22-9-3-2-4-10-22)31(35)29-30(28-15-8-18-38-28)34(33(37)32(29)36)26-14-7-12-23-11-5-6-13-25(23)26/h2-19,30,35H,20H2,1H3/b31-29-. The lowest BCUT2D eigenvalue weighted by atomic mass is 9.98. The number of furan rings is 1. The summed E-state index contributed by atoms with van der Waals surface area (Å²) in [5.74, 6) is -0.731. The first-order valence-corrected chi connectivity index (χ1v) is 12.6. The van der Waals surface area contributed by atoms with Crippen LogP contribution >= 0.6 is 0 Å². The summed E-state index contributed by atoms with van der Waals surface area (Å²) in [4.78, 5) is 28.4. The van der Waals surface area contributed by atoms with Crippen LogP contribution in [0.2, 0.25) is 0 Å². The summed E-state index contributed by atoms with van der Waals surface area (Å²) in [6.45, 7) is 2.28. The zero-order valence-electron chi connectivity index (χ0n) is 21.2. The molecule has 1 saturated heterocycles. The van der Waals surface area contributed by atoms with Crippen LogP contribution in [-0.4, -0.2) is 16.8 Å². The van der Waals surface area contributed by atoms with Crippen LogP contribution in [0.25, 0.3) is 16.5 Å². The summed E-state index contributed by atoms with van der Waals surface area (Å²) in [7, 11) is 0. The highest BCUT2D eigenvalue weighted by molar-refractivity contribution is 6.52. The molecule has 0 saturated carbocycles. The highest BCUT2D eigenvalue weighted by Crippen LogP contribution is 2.44. The topological polar surface area (TPSA) is 80.0 Å². The van der Waals surface area contributed by atoms with Crippen LogP contribution in [0.3, 0.4) is 0 Å². The molecule has 0 bridgehead atoms. The Kier molecular flexibility index (Phi) is 6.21. The minimum Gasteiger partial charge on any atom is -0.507 e. The molecule has 39 heavy (non-hydrogen) atoms. The Morgan fingerprint density at radius 1 is 0.897 bits per heavy atom. The lowest BCUT2D eigenvalue weighted by Crippen LogP contribution is -2.29. The van der Waals surface area contributed by atoms with Crippen LogP contribution in [-0.2, 0) is 16.2 Å². The molecule has 0 radical (unpaired) electrons. The molecule has 1 aliphatic rings. The molecule has 2 heterocycles. The number of aliphatic hydroxyl groups excluding tert-OH is 1. The summed E-state index contributed by atoms with van der Waals surface area (Å²) in [5.41, 5.74) is 2.77. The van der Waals surface area contributed by atoms with Gasteiger partial charge in [0.2, 0.25) is 0 Å². The largest absolute Gasteiger partial charge is 0.507 e. The molecule has 6 heteroatoms. The second kappa shape index (κ2) is 9.99. The van der Waals surface area contributed by atoms with Gasteiger partial charge < -0.3 is 14.3 Å². The molecule has 1 aliphatic heterocycles. The van der Waals surface area contributed by atoms with E-state index in [1.54, 1.807) is 36.4 Å². The predicted molar refractivity (Wildman–Crippen MR) is 149 cm³/mol. The number of rotatable bonds is 6. The Bertz CT molecular complexity index is 1710. The van der Waals surface area contributed by atoms with Crippen molar-refractivity contribution in [1.82, 2.24) is 0 Å². The number of carbonyl (C=O) groups is 2. The fourth-order valence-corrected chi connectivity index (χ4v) is 5.06. The second-order valence-electron chi connectivity index (χ2n) is 9.44. The maximum absolute atomic E-state index is 13.5. The predicted octanol–water partition coefficient (Wildman–Crippen LogP) is 6.95. The van der Waals surface area contributed by atoms with E-state index in [0.717, 1.165) is 21.9 Å². The highest BCUT2D eigenvalue weighted by atomic mass is 16.5. The number of aliphatic hydroxyl groups is 1. The number of hydrogen-bond acceptors (Lipinski definition) is 5. The molecule has 1 amide bonds. The van der Waals surface area contributed by atoms with Gasteiger partial charge in [0.1, 0.15) is 29.9 Å². The van der Waals surface area contributed by atoms with E-state index in [1.807, 2.05) is 73.7 Å². The second-order valence-corrected chi connectivity index (χ2v) is 9.44. The number of Topliss-reactive ketones (excluding diaryl/α,β-unsaturated/α-hetero) is 1. The quantitative estimate of drug-likeness (QED) is 0.150. The third-order valence-electron chi connectivity index (χ3n) is 6.97. The summed E-state index contributed by atoms with van der Waals surface area (Å²) >= 11 is 0. The number of nitrogens with zero attached hydrogens (tertiary/aromatic N) is 1. The minimum absolute atomic E-state index is 0.0276. The van der Waals surface area contributed by atoms with Gasteiger partial charge in [0.25, 0.3) is 11.7 Å². The van der Waals surface area contributed by atoms with Crippen molar-refractivity contribution in [3.8, 4) is 5.75 Å². The van der Waals surface area contributed by atoms with E-state index in [-0.39, 0.29) is 11.3 Å². The Labute approximate surface area is 225 Å². The first kappa shape index (κ1) is 24.2. The molecule has 0 aliphatic carbocycles. The van der Waals surface area contributed by atoms with Gasteiger partial charge >= 0.3 is 0 Å². The first-order chi connectivity index (χ1) is 19.0. The van der Waals surface area contributed by atoms with E-state index in [2.05, 4.69) is 0 Å². The van der Waals surface area contributed by atoms with Crippen LogP contribution in [0.1, 0.15) is 28.5 Å². The van der Waals surface area contributed by atoms with Crippen molar-refractivity contribution in [3.63, 3.8) is 0 Å². The molecular formula is C33H25NO5. The van der Waals surface area contributed by atoms with Gasteiger partial charge in [0.05, 0.1) is 17.5 Å². The molecule has 1 unspecified atom stereocenters. The summed E-state index contributed by atoms with van der Waals surface area (Å²) in [5, 5.41) is 13.2. The fourth-order valence-electron chi connectivity index (χ4n) is 5.06. The van der Waals surface area contributed by atoms with E-state index >= 15 is 0 Å². The van der Waals surface area contributed by atoms with Gasteiger partial charge in [-0.2, -0.15) is 0 Å². The maximum Gasteiger partial charge on any atom is 0.300 e. The Morgan fingerprint density at radius 2 is 1.67 bits per heavy atom. The molecule has 1 fully saturated rings. The molecule has 1 atom stereocenters. The third-order valence-corrected chi connectivity index (χ3v) is 6.97. The van der Waals surface area contributed by atoms with E-state index in [0.29, 0.717) is 29.4 Å². The normalized spacial score (nSPS) is 16.6. The van der Waals surface area contributed by atoms with Gasteiger partial charge in [-0.3, -0.25) is 14.5 Å². The fraction of sp³-hybridized carbons (Fsp3) is 0.0909. The van der Waals surface area contributed by atoms with Gasteiger partial charge in [-0.25, -0.2) is 0 Å². The monoisotopic (exact) mass is 515 g/mol.